The second kappa shape index (κ2) is 8.00. The van der Waals surface area contributed by atoms with Gasteiger partial charge in [-0.05, 0) is 54.6 Å². The summed E-state index contributed by atoms with van der Waals surface area (Å²) in [6.45, 7) is 1.79. The molecule has 0 N–H and O–H groups in total. The Bertz CT molecular complexity index is 1200. The third kappa shape index (κ3) is 3.90. The molecule has 0 spiro atoms. The Morgan fingerprint density at radius 1 is 1.13 bits per heavy atom. The summed E-state index contributed by atoms with van der Waals surface area (Å²) in [5.74, 6) is 0.948. The number of thioether (sulfide) groups is 1. The Morgan fingerprint density at radius 2 is 1.90 bits per heavy atom. The van der Waals surface area contributed by atoms with E-state index in [-0.39, 0.29) is 11.6 Å². The third-order valence-corrected chi connectivity index (χ3v) is 5.63. The smallest absolute Gasteiger partial charge is 0.269 e. The molecule has 0 unspecified atom stereocenters. The summed E-state index contributed by atoms with van der Waals surface area (Å²) >= 11 is 1.28. The van der Waals surface area contributed by atoms with Gasteiger partial charge in [0.25, 0.3) is 11.6 Å². The highest BCUT2D eigenvalue weighted by atomic mass is 32.2. The topological polar surface area (TPSA) is 89.0 Å². The number of nitro groups is 1. The normalized spacial score (nSPS) is 16.6. The van der Waals surface area contributed by atoms with Gasteiger partial charge in [-0.2, -0.15) is 0 Å². The molecule has 1 aliphatic rings. The fourth-order valence-electron chi connectivity index (χ4n) is 3.01. The van der Waals surface area contributed by atoms with Gasteiger partial charge in [-0.3, -0.25) is 19.8 Å². The van der Waals surface area contributed by atoms with Gasteiger partial charge in [0.1, 0.15) is 11.5 Å². The predicted octanol–water partition coefficient (Wildman–Crippen LogP) is 5.40. The van der Waals surface area contributed by atoms with E-state index < -0.39 is 4.92 Å². The van der Waals surface area contributed by atoms with E-state index >= 15 is 0 Å². The molecule has 7 nitrogen and oxygen atoms in total. The lowest BCUT2D eigenvalue weighted by Crippen LogP contribution is -2.23. The Morgan fingerprint density at radius 3 is 2.60 bits per heavy atom. The molecule has 4 rings (SSSR count). The van der Waals surface area contributed by atoms with Crippen molar-refractivity contribution in [1.29, 1.82) is 0 Å². The van der Waals surface area contributed by atoms with Gasteiger partial charge < -0.3 is 4.42 Å². The molecule has 0 saturated carbocycles. The zero-order chi connectivity index (χ0) is 21.3. The van der Waals surface area contributed by atoms with E-state index in [9.17, 15) is 14.9 Å². The van der Waals surface area contributed by atoms with Crippen molar-refractivity contribution in [2.24, 2.45) is 4.99 Å². The molecule has 3 aromatic rings. The molecular weight excluding hydrogens is 402 g/mol. The minimum Gasteiger partial charge on any atom is -0.457 e. The van der Waals surface area contributed by atoms with Crippen LogP contribution >= 0.6 is 11.8 Å². The van der Waals surface area contributed by atoms with Crippen LogP contribution in [0.5, 0.6) is 0 Å². The third-order valence-electron chi connectivity index (χ3n) is 4.57. The summed E-state index contributed by atoms with van der Waals surface area (Å²) in [5.41, 5.74) is 2.31. The van der Waals surface area contributed by atoms with Gasteiger partial charge in [0.15, 0.2) is 5.17 Å². The number of carbonyl (C=O) groups is 1. The number of carbonyl (C=O) groups excluding carboxylic acids is 1. The number of hydrogen-bond donors (Lipinski definition) is 0. The lowest BCUT2D eigenvalue weighted by molar-refractivity contribution is -0.384. The van der Waals surface area contributed by atoms with Crippen LogP contribution in [0, 0.1) is 17.0 Å². The van der Waals surface area contributed by atoms with E-state index in [1.54, 1.807) is 38.2 Å². The van der Waals surface area contributed by atoms with Crippen molar-refractivity contribution >= 4 is 40.3 Å². The van der Waals surface area contributed by atoms with Crippen LogP contribution < -0.4 is 0 Å². The van der Waals surface area contributed by atoms with Gasteiger partial charge >= 0.3 is 0 Å². The molecule has 0 aliphatic carbocycles. The van der Waals surface area contributed by atoms with Crippen molar-refractivity contribution in [3.05, 3.63) is 87.0 Å². The highest BCUT2D eigenvalue weighted by molar-refractivity contribution is 8.18. The molecule has 0 radical (unpaired) electrons. The molecule has 30 heavy (non-hydrogen) atoms. The van der Waals surface area contributed by atoms with Gasteiger partial charge in [-0.15, -0.1) is 0 Å². The number of para-hydroxylation sites is 1. The van der Waals surface area contributed by atoms with E-state index in [0.717, 1.165) is 16.8 Å². The first-order chi connectivity index (χ1) is 14.4. The van der Waals surface area contributed by atoms with Crippen LogP contribution in [0.25, 0.3) is 17.4 Å². The number of rotatable bonds is 4. The van der Waals surface area contributed by atoms with Crippen molar-refractivity contribution in [3.8, 4) is 11.3 Å². The summed E-state index contributed by atoms with van der Waals surface area (Å²) in [7, 11) is 1.69. The molecule has 0 bridgehead atoms. The molecule has 2 heterocycles. The molecule has 2 aromatic carbocycles. The molecular formula is C22H17N3O4S. The van der Waals surface area contributed by atoms with Crippen LogP contribution in [0.3, 0.4) is 0 Å². The number of amidine groups is 1. The van der Waals surface area contributed by atoms with E-state index in [1.165, 1.54) is 28.8 Å². The first-order valence-electron chi connectivity index (χ1n) is 9.09. The van der Waals surface area contributed by atoms with Crippen LogP contribution in [0.4, 0.5) is 11.4 Å². The van der Waals surface area contributed by atoms with Crippen LogP contribution in [-0.2, 0) is 4.79 Å². The monoisotopic (exact) mass is 419 g/mol. The number of furan rings is 1. The standard InChI is InChI=1S/C22H17N3O4S/c1-14-12-16(25(27)28)8-10-18(14)19-11-9-17(29-19)13-20-21(26)24(2)22(30-20)23-15-6-4-3-5-7-15/h3-13H,1-2H3/b20-13+,23-22?. The minimum atomic E-state index is -0.428. The summed E-state index contributed by atoms with van der Waals surface area (Å²) in [5, 5.41) is 11.5. The van der Waals surface area contributed by atoms with Crippen molar-refractivity contribution in [1.82, 2.24) is 4.90 Å². The number of non-ortho nitro benzene ring substituents is 1. The first kappa shape index (κ1) is 19.7. The summed E-state index contributed by atoms with van der Waals surface area (Å²) in [6, 6.07) is 17.6. The van der Waals surface area contributed by atoms with E-state index in [2.05, 4.69) is 4.99 Å². The lowest BCUT2D eigenvalue weighted by atomic mass is 10.1. The second-order valence-electron chi connectivity index (χ2n) is 6.66. The number of benzene rings is 2. The summed E-state index contributed by atoms with van der Waals surface area (Å²) < 4.78 is 5.88. The number of likely N-dealkylation sites (N-methyl/N-ethyl adjacent to an activating group) is 1. The number of nitrogens with zero attached hydrogens (tertiary/aromatic N) is 3. The lowest BCUT2D eigenvalue weighted by Gasteiger charge is -2.06. The van der Waals surface area contributed by atoms with Crippen molar-refractivity contribution in [2.75, 3.05) is 7.05 Å². The molecule has 1 aromatic heterocycles. The molecule has 1 saturated heterocycles. The average molecular weight is 419 g/mol. The van der Waals surface area contributed by atoms with E-state index in [4.69, 9.17) is 4.42 Å². The molecule has 1 fully saturated rings. The number of aryl methyl sites for hydroxylation is 1. The van der Waals surface area contributed by atoms with Crippen LogP contribution in [0.2, 0.25) is 0 Å². The quantitative estimate of drug-likeness (QED) is 0.321. The molecule has 150 valence electrons. The minimum absolute atomic E-state index is 0.0337. The maximum atomic E-state index is 12.6. The molecule has 1 aliphatic heterocycles. The van der Waals surface area contributed by atoms with Gasteiger partial charge in [-0.25, -0.2) is 4.99 Å². The maximum Gasteiger partial charge on any atom is 0.269 e. The van der Waals surface area contributed by atoms with E-state index in [0.29, 0.717) is 21.6 Å². The van der Waals surface area contributed by atoms with E-state index in [1.807, 2.05) is 30.3 Å². The zero-order valence-corrected chi connectivity index (χ0v) is 17.1. The van der Waals surface area contributed by atoms with Crippen LogP contribution in [0.15, 0.2) is 75.0 Å². The number of nitro benzene ring substituents is 1. The number of hydrogen-bond acceptors (Lipinski definition) is 6. The summed E-state index contributed by atoms with van der Waals surface area (Å²) in [6.07, 6.45) is 1.68. The fourth-order valence-corrected chi connectivity index (χ4v) is 3.97. The Labute approximate surface area is 176 Å². The van der Waals surface area contributed by atoms with Crippen LogP contribution in [-0.4, -0.2) is 27.9 Å². The second-order valence-corrected chi connectivity index (χ2v) is 7.67. The highest BCUT2D eigenvalue weighted by Crippen LogP contribution is 2.34. The van der Waals surface area contributed by atoms with Crippen LogP contribution in [0.1, 0.15) is 11.3 Å². The number of aliphatic imine (C=N–C) groups is 1. The summed E-state index contributed by atoms with van der Waals surface area (Å²) in [4.78, 5) is 29.6. The average Bonchev–Trinajstić information content (AvgIpc) is 3.29. The zero-order valence-electron chi connectivity index (χ0n) is 16.2. The SMILES string of the molecule is Cc1cc([N+](=O)[O-])ccc1-c1ccc(/C=C2/SC(=Nc3ccccc3)N(C)C2=O)o1. The highest BCUT2D eigenvalue weighted by Gasteiger charge is 2.30. The predicted molar refractivity (Wildman–Crippen MR) is 117 cm³/mol. The fraction of sp³-hybridized carbons (Fsp3) is 0.0909. The van der Waals surface area contributed by atoms with Gasteiger partial charge in [0, 0.05) is 30.8 Å². The van der Waals surface area contributed by atoms with Crippen molar-refractivity contribution < 1.29 is 14.1 Å². The Balaban J connectivity index is 1.59. The molecule has 0 atom stereocenters. The molecule has 1 amide bonds. The molecule has 8 heteroatoms. The van der Waals surface area contributed by atoms with Crippen molar-refractivity contribution in [3.63, 3.8) is 0 Å². The van der Waals surface area contributed by atoms with Crippen molar-refractivity contribution in [2.45, 2.75) is 6.92 Å². The van der Waals surface area contributed by atoms with Gasteiger partial charge in [0.2, 0.25) is 0 Å². The Hall–Kier alpha value is -3.65. The van der Waals surface area contributed by atoms with Gasteiger partial charge in [0.05, 0.1) is 15.5 Å². The maximum absolute atomic E-state index is 12.6. The largest absolute Gasteiger partial charge is 0.457 e. The first-order valence-corrected chi connectivity index (χ1v) is 9.90. The van der Waals surface area contributed by atoms with Gasteiger partial charge in [-0.1, -0.05) is 18.2 Å². The number of amides is 1. The Kier molecular flexibility index (Phi) is 5.24.